The van der Waals surface area contributed by atoms with E-state index in [1.54, 1.807) is 0 Å². The molecule has 0 bridgehead atoms. The third kappa shape index (κ3) is 4.39. The first-order valence-electron chi connectivity index (χ1n) is 6.43. The van der Waals surface area contributed by atoms with Gasteiger partial charge >= 0.3 is 0 Å². The van der Waals surface area contributed by atoms with Crippen LogP contribution in [0.5, 0.6) is 0 Å². The molecule has 1 aromatic carbocycles. The van der Waals surface area contributed by atoms with Gasteiger partial charge in [0.15, 0.2) is 0 Å². The summed E-state index contributed by atoms with van der Waals surface area (Å²) in [6.07, 6.45) is 2.50. The summed E-state index contributed by atoms with van der Waals surface area (Å²) in [4.78, 5) is 22.5. The summed E-state index contributed by atoms with van der Waals surface area (Å²) in [5.41, 5.74) is 1.98. The Balaban J connectivity index is 2.72. The summed E-state index contributed by atoms with van der Waals surface area (Å²) in [6, 6.07) is 7.54. The number of carbonyl (C=O) groups excluding carboxylic acids is 2. The van der Waals surface area contributed by atoms with Gasteiger partial charge in [-0.2, -0.15) is 0 Å². The van der Waals surface area contributed by atoms with E-state index in [0.717, 1.165) is 11.1 Å². The highest BCUT2D eigenvalue weighted by atomic mass is 16.2. The third-order valence-corrected chi connectivity index (χ3v) is 3.02. The van der Waals surface area contributed by atoms with Crippen molar-refractivity contribution in [3.05, 3.63) is 60.7 Å². The first-order valence-corrected chi connectivity index (χ1v) is 6.43. The molecule has 0 fully saturated rings. The quantitative estimate of drug-likeness (QED) is 0.781. The third-order valence-electron chi connectivity index (χ3n) is 3.02. The summed E-state index contributed by atoms with van der Waals surface area (Å²) in [5.74, 6) is -0.401. The Morgan fingerprint density at radius 1 is 0.900 bits per heavy atom. The zero-order valence-corrected chi connectivity index (χ0v) is 11.8. The van der Waals surface area contributed by atoms with E-state index in [2.05, 4.69) is 23.8 Å². The maximum absolute atomic E-state index is 11.2. The Morgan fingerprint density at radius 3 is 1.45 bits per heavy atom. The predicted octanol–water partition coefficient (Wildman–Crippen LogP) is 2.41. The number of hydrogen-bond donors (Lipinski definition) is 2. The molecule has 2 N–H and O–H groups in total. The van der Waals surface area contributed by atoms with Crippen molar-refractivity contribution >= 4 is 11.8 Å². The molecule has 0 aromatic heterocycles. The number of amides is 2. The Bertz CT molecular complexity index is 459. The SMILES string of the molecule is C=CC(=O)NC(C)c1ccc(C(C)NC(=O)C=C)cc1. The largest absolute Gasteiger partial charge is 0.346 e. The van der Waals surface area contributed by atoms with Gasteiger partial charge in [-0.3, -0.25) is 9.59 Å². The molecular formula is C16H20N2O2. The fourth-order valence-corrected chi connectivity index (χ4v) is 1.78. The van der Waals surface area contributed by atoms with Crippen molar-refractivity contribution in [2.75, 3.05) is 0 Å². The van der Waals surface area contributed by atoms with Crippen LogP contribution in [0.2, 0.25) is 0 Å². The second kappa shape index (κ2) is 7.28. The van der Waals surface area contributed by atoms with Crippen molar-refractivity contribution in [1.82, 2.24) is 10.6 Å². The van der Waals surface area contributed by atoms with Gasteiger partial charge in [-0.25, -0.2) is 0 Å². The van der Waals surface area contributed by atoms with Crippen LogP contribution in [0.3, 0.4) is 0 Å². The zero-order chi connectivity index (χ0) is 15.1. The Hall–Kier alpha value is -2.36. The van der Waals surface area contributed by atoms with Gasteiger partial charge < -0.3 is 10.6 Å². The normalized spacial score (nSPS) is 12.9. The van der Waals surface area contributed by atoms with Crippen molar-refractivity contribution in [2.45, 2.75) is 25.9 Å². The number of benzene rings is 1. The fourth-order valence-electron chi connectivity index (χ4n) is 1.78. The van der Waals surface area contributed by atoms with Crippen LogP contribution in [0.15, 0.2) is 49.6 Å². The smallest absolute Gasteiger partial charge is 0.243 e. The molecule has 0 aliphatic rings. The molecule has 0 saturated carbocycles. The van der Waals surface area contributed by atoms with Gasteiger partial charge in [-0.05, 0) is 37.1 Å². The van der Waals surface area contributed by atoms with Crippen LogP contribution >= 0.6 is 0 Å². The van der Waals surface area contributed by atoms with Gasteiger partial charge in [0.25, 0.3) is 0 Å². The van der Waals surface area contributed by atoms with Crippen LogP contribution in [0, 0.1) is 0 Å². The summed E-state index contributed by atoms with van der Waals surface area (Å²) in [7, 11) is 0. The highest BCUT2D eigenvalue weighted by molar-refractivity contribution is 5.87. The number of nitrogens with one attached hydrogen (secondary N) is 2. The second-order valence-corrected chi connectivity index (χ2v) is 4.54. The summed E-state index contributed by atoms with van der Waals surface area (Å²) in [5, 5.41) is 5.59. The van der Waals surface area contributed by atoms with Crippen LogP contribution in [0.1, 0.15) is 37.1 Å². The minimum Gasteiger partial charge on any atom is -0.346 e. The lowest BCUT2D eigenvalue weighted by molar-refractivity contribution is -0.117. The lowest BCUT2D eigenvalue weighted by Gasteiger charge is -2.16. The maximum Gasteiger partial charge on any atom is 0.243 e. The summed E-state index contributed by atoms with van der Waals surface area (Å²) < 4.78 is 0. The summed E-state index contributed by atoms with van der Waals surface area (Å²) in [6.45, 7) is 10.6. The van der Waals surface area contributed by atoms with E-state index < -0.39 is 0 Å². The number of hydrogen-bond acceptors (Lipinski definition) is 2. The van der Waals surface area contributed by atoms with Crippen LogP contribution < -0.4 is 10.6 Å². The van der Waals surface area contributed by atoms with Gasteiger partial charge in [-0.15, -0.1) is 0 Å². The molecule has 0 heterocycles. The fraction of sp³-hybridized carbons (Fsp3) is 0.250. The van der Waals surface area contributed by atoms with Crippen LogP contribution in [-0.2, 0) is 9.59 Å². The van der Waals surface area contributed by atoms with E-state index in [-0.39, 0.29) is 23.9 Å². The van der Waals surface area contributed by atoms with E-state index in [9.17, 15) is 9.59 Å². The van der Waals surface area contributed by atoms with E-state index in [0.29, 0.717) is 0 Å². The molecule has 0 spiro atoms. The molecular weight excluding hydrogens is 252 g/mol. The average Bonchev–Trinajstić information content (AvgIpc) is 2.46. The molecule has 2 unspecified atom stereocenters. The second-order valence-electron chi connectivity index (χ2n) is 4.54. The molecule has 0 aliphatic carbocycles. The molecule has 1 rings (SSSR count). The lowest BCUT2D eigenvalue weighted by Crippen LogP contribution is -2.25. The van der Waals surface area contributed by atoms with E-state index in [1.807, 2.05) is 38.1 Å². The van der Waals surface area contributed by atoms with Crippen molar-refractivity contribution in [1.29, 1.82) is 0 Å². The highest BCUT2D eigenvalue weighted by Crippen LogP contribution is 2.17. The predicted molar refractivity (Wildman–Crippen MR) is 80.0 cm³/mol. The molecule has 20 heavy (non-hydrogen) atoms. The molecule has 2 atom stereocenters. The minimum atomic E-state index is -0.201. The Labute approximate surface area is 119 Å². The molecule has 2 amide bonds. The number of rotatable bonds is 6. The molecule has 106 valence electrons. The first-order chi connectivity index (χ1) is 9.47. The minimum absolute atomic E-state index is 0.0902. The van der Waals surface area contributed by atoms with Crippen LogP contribution in [0.25, 0.3) is 0 Å². The van der Waals surface area contributed by atoms with Crippen molar-refractivity contribution in [3.63, 3.8) is 0 Å². The molecule has 0 aliphatic heterocycles. The van der Waals surface area contributed by atoms with Crippen molar-refractivity contribution in [2.24, 2.45) is 0 Å². The Morgan fingerprint density at radius 2 is 1.20 bits per heavy atom. The Kier molecular flexibility index (Phi) is 5.72. The van der Waals surface area contributed by atoms with Crippen LogP contribution in [0.4, 0.5) is 0 Å². The average molecular weight is 272 g/mol. The van der Waals surface area contributed by atoms with Gasteiger partial charge in [0.05, 0.1) is 12.1 Å². The van der Waals surface area contributed by atoms with E-state index in [1.165, 1.54) is 12.2 Å². The molecule has 0 saturated heterocycles. The molecule has 4 heteroatoms. The summed E-state index contributed by atoms with van der Waals surface area (Å²) >= 11 is 0. The van der Waals surface area contributed by atoms with Gasteiger partial charge in [-0.1, -0.05) is 37.4 Å². The first kappa shape index (κ1) is 15.7. The monoisotopic (exact) mass is 272 g/mol. The highest BCUT2D eigenvalue weighted by Gasteiger charge is 2.10. The van der Waals surface area contributed by atoms with E-state index in [4.69, 9.17) is 0 Å². The van der Waals surface area contributed by atoms with Gasteiger partial charge in [0.2, 0.25) is 11.8 Å². The topological polar surface area (TPSA) is 58.2 Å². The van der Waals surface area contributed by atoms with Crippen LogP contribution in [-0.4, -0.2) is 11.8 Å². The van der Waals surface area contributed by atoms with Gasteiger partial charge in [0.1, 0.15) is 0 Å². The molecule has 0 radical (unpaired) electrons. The van der Waals surface area contributed by atoms with Gasteiger partial charge in [0, 0.05) is 0 Å². The van der Waals surface area contributed by atoms with Crippen molar-refractivity contribution < 1.29 is 9.59 Å². The molecule has 1 aromatic rings. The number of carbonyl (C=O) groups is 2. The lowest BCUT2D eigenvalue weighted by atomic mass is 10.0. The zero-order valence-electron chi connectivity index (χ0n) is 11.8. The molecule has 4 nitrogen and oxygen atoms in total. The maximum atomic E-state index is 11.2. The van der Waals surface area contributed by atoms with Crippen molar-refractivity contribution in [3.8, 4) is 0 Å². The standard InChI is InChI=1S/C16H20N2O2/c1-5-15(19)17-11(3)13-7-9-14(10-8-13)12(4)18-16(20)6-2/h5-12H,1-2H2,3-4H3,(H,17,19)(H,18,20). The van der Waals surface area contributed by atoms with E-state index >= 15 is 0 Å².